The molecule has 0 aliphatic heterocycles. The minimum atomic E-state index is -0.336. The number of rotatable bonds is 7. The lowest BCUT2D eigenvalue weighted by Gasteiger charge is -2.20. The van der Waals surface area contributed by atoms with Crippen molar-refractivity contribution < 1.29 is 14.3 Å². The smallest absolute Gasteiger partial charge is 0.272 e. The molecule has 0 radical (unpaired) electrons. The minimum Gasteiger partial charge on any atom is -0.495 e. The Kier molecular flexibility index (Phi) is 6.58. The van der Waals surface area contributed by atoms with Gasteiger partial charge in [-0.3, -0.25) is 14.6 Å². The average Bonchev–Trinajstić information content (AvgIpc) is 2.78. The molecule has 6 heteroatoms. The minimum absolute atomic E-state index is 0.219. The second-order valence-corrected chi connectivity index (χ2v) is 6.39. The lowest BCUT2D eigenvalue weighted by molar-refractivity contribution is 0.0746. The number of ether oxygens (including phenoxy) is 1. The van der Waals surface area contributed by atoms with Gasteiger partial charge in [0.1, 0.15) is 11.4 Å². The van der Waals surface area contributed by atoms with Crippen LogP contribution in [0.25, 0.3) is 0 Å². The summed E-state index contributed by atoms with van der Waals surface area (Å²) in [5, 5.41) is 2.81. The number of amides is 2. The van der Waals surface area contributed by atoms with Crippen molar-refractivity contribution in [3.8, 4) is 5.75 Å². The van der Waals surface area contributed by atoms with Crippen molar-refractivity contribution in [2.24, 2.45) is 0 Å². The van der Waals surface area contributed by atoms with Crippen molar-refractivity contribution in [2.45, 2.75) is 13.5 Å². The first kappa shape index (κ1) is 20.1. The molecule has 29 heavy (non-hydrogen) atoms. The normalized spacial score (nSPS) is 10.3. The van der Waals surface area contributed by atoms with Crippen LogP contribution in [0.2, 0.25) is 0 Å². The molecular weight excluding hydrogens is 366 g/mol. The molecule has 0 unspecified atom stereocenters. The molecular formula is C23H23N3O3. The van der Waals surface area contributed by atoms with E-state index in [4.69, 9.17) is 4.74 Å². The fourth-order valence-electron chi connectivity index (χ4n) is 2.92. The van der Waals surface area contributed by atoms with Crippen LogP contribution in [-0.2, 0) is 6.54 Å². The summed E-state index contributed by atoms with van der Waals surface area (Å²) in [6.07, 6.45) is 1.47. The lowest BCUT2D eigenvalue weighted by atomic mass is 10.1. The third kappa shape index (κ3) is 4.99. The van der Waals surface area contributed by atoms with Crippen LogP contribution in [-0.4, -0.2) is 35.4 Å². The van der Waals surface area contributed by atoms with Gasteiger partial charge >= 0.3 is 0 Å². The third-order valence-corrected chi connectivity index (χ3v) is 4.48. The predicted molar refractivity (Wildman–Crippen MR) is 112 cm³/mol. The lowest BCUT2D eigenvalue weighted by Crippen LogP contribution is -2.31. The van der Waals surface area contributed by atoms with Crippen LogP contribution in [0.4, 0.5) is 5.69 Å². The number of aromatic nitrogens is 1. The molecule has 0 saturated heterocycles. The number of hydrogen-bond acceptors (Lipinski definition) is 4. The SMILES string of the molecule is CCN(Cc1ccccc1)C(=O)c1cc(C(=O)Nc2ccccc2OC)ccn1. The molecule has 0 aliphatic rings. The Morgan fingerprint density at radius 3 is 2.48 bits per heavy atom. The fourth-order valence-corrected chi connectivity index (χ4v) is 2.92. The number of nitrogens with one attached hydrogen (secondary N) is 1. The quantitative estimate of drug-likeness (QED) is 0.663. The van der Waals surface area contributed by atoms with Gasteiger partial charge in [-0.25, -0.2) is 0 Å². The summed E-state index contributed by atoms with van der Waals surface area (Å²) in [5.74, 6) is 0.00609. The van der Waals surface area contributed by atoms with E-state index in [9.17, 15) is 9.59 Å². The van der Waals surface area contributed by atoms with Gasteiger partial charge in [0.2, 0.25) is 0 Å². The number of carbonyl (C=O) groups excluding carboxylic acids is 2. The van der Waals surface area contributed by atoms with E-state index in [2.05, 4.69) is 10.3 Å². The number of benzene rings is 2. The maximum Gasteiger partial charge on any atom is 0.272 e. The van der Waals surface area contributed by atoms with E-state index < -0.39 is 0 Å². The Labute approximate surface area is 170 Å². The van der Waals surface area contributed by atoms with Gasteiger partial charge in [0.15, 0.2) is 0 Å². The number of hydrogen-bond donors (Lipinski definition) is 1. The molecule has 0 aliphatic carbocycles. The van der Waals surface area contributed by atoms with E-state index in [-0.39, 0.29) is 17.5 Å². The molecule has 1 aromatic heterocycles. The van der Waals surface area contributed by atoms with Crippen molar-refractivity contribution in [2.75, 3.05) is 19.0 Å². The van der Waals surface area contributed by atoms with Crippen LogP contribution in [0, 0.1) is 0 Å². The standard InChI is InChI=1S/C23H23N3O3/c1-3-26(16-17-9-5-4-6-10-17)23(28)20-15-18(13-14-24-20)22(27)25-19-11-7-8-12-21(19)29-2/h4-15H,3,16H2,1-2H3,(H,25,27). The molecule has 1 heterocycles. The zero-order valence-electron chi connectivity index (χ0n) is 16.5. The number of para-hydroxylation sites is 2. The highest BCUT2D eigenvalue weighted by atomic mass is 16.5. The molecule has 6 nitrogen and oxygen atoms in total. The summed E-state index contributed by atoms with van der Waals surface area (Å²) < 4.78 is 5.26. The Morgan fingerprint density at radius 2 is 1.76 bits per heavy atom. The molecule has 0 atom stereocenters. The van der Waals surface area contributed by atoms with Gasteiger partial charge in [0, 0.05) is 24.8 Å². The molecule has 0 bridgehead atoms. The van der Waals surface area contributed by atoms with Gasteiger partial charge in [-0.1, -0.05) is 42.5 Å². The molecule has 3 aromatic rings. The topological polar surface area (TPSA) is 71.5 Å². The maximum absolute atomic E-state index is 12.9. The molecule has 1 N–H and O–H groups in total. The summed E-state index contributed by atoms with van der Waals surface area (Å²) in [6.45, 7) is 2.93. The van der Waals surface area contributed by atoms with E-state index in [1.165, 1.54) is 12.3 Å². The summed E-state index contributed by atoms with van der Waals surface area (Å²) in [7, 11) is 1.54. The molecule has 0 spiro atoms. The number of methoxy groups -OCH3 is 1. The fraction of sp³-hybridized carbons (Fsp3) is 0.174. The van der Waals surface area contributed by atoms with Crippen LogP contribution in [0.1, 0.15) is 33.3 Å². The van der Waals surface area contributed by atoms with Crippen molar-refractivity contribution in [1.29, 1.82) is 0 Å². The highest BCUT2D eigenvalue weighted by molar-refractivity contribution is 6.06. The van der Waals surface area contributed by atoms with E-state index >= 15 is 0 Å². The van der Waals surface area contributed by atoms with Crippen molar-refractivity contribution in [3.63, 3.8) is 0 Å². The highest BCUT2D eigenvalue weighted by Crippen LogP contribution is 2.23. The molecule has 0 fully saturated rings. The van der Waals surface area contributed by atoms with E-state index in [1.54, 1.807) is 30.2 Å². The molecule has 3 rings (SSSR count). The van der Waals surface area contributed by atoms with Crippen LogP contribution >= 0.6 is 0 Å². The van der Waals surface area contributed by atoms with Gasteiger partial charge in [-0.15, -0.1) is 0 Å². The zero-order chi connectivity index (χ0) is 20.6. The molecule has 2 amide bonds. The number of nitrogens with zero attached hydrogens (tertiary/aromatic N) is 2. The Morgan fingerprint density at radius 1 is 1.03 bits per heavy atom. The monoisotopic (exact) mass is 389 g/mol. The Balaban J connectivity index is 1.77. The molecule has 148 valence electrons. The zero-order valence-corrected chi connectivity index (χ0v) is 16.5. The largest absolute Gasteiger partial charge is 0.495 e. The van der Waals surface area contributed by atoms with Crippen LogP contribution in [0.5, 0.6) is 5.75 Å². The van der Waals surface area contributed by atoms with Crippen LogP contribution in [0.15, 0.2) is 72.9 Å². The Hall–Kier alpha value is -3.67. The number of carbonyl (C=O) groups is 2. The van der Waals surface area contributed by atoms with E-state index in [0.29, 0.717) is 30.1 Å². The van der Waals surface area contributed by atoms with Gasteiger partial charge in [0.05, 0.1) is 12.8 Å². The summed E-state index contributed by atoms with van der Waals surface area (Å²) in [5.41, 5.74) is 2.18. The van der Waals surface area contributed by atoms with Gasteiger partial charge < -0.3 is 15.0 Å². The Bertz CT molecular complexity index is 989. The molecule has 2 aromatic carbocycles. The highest BCUT2D eigenvalue weighted by Gasteiger charge is 2.18. The van der Waals surface area contributed by atoms with E-state index in [0.717, 1.165) is 5.56 Å². The van der Waals surface area contributed by atoms with Crippen molar-refractivity contribution >= 4 is 17.5 Å². The number of pyridine rings is 1. The summed E-state index contributed by atoms with van der Waals surface area (Å²) in [4.78, 5) is 31.5. The van der Waals surface area contributed by atoms with Gasteiger partial charge in [0.25, 0.3) is 11.8 Å². The van der Waals surface area contributed by atoms with Crippen molar-refractivity contribution in [1.82, 2.24) is 9.88 Å². The third-order valence-electron chi connectivity index (χ3n) is 4.48. The van der Waals surface area contributed by atoms with Crippen LogP contribution in [0.3, 0.4) is 0 Å². The van der Waals surface area contributed by atoms with Gasteiger partial charge in [-0.05, 0) is 36.8 Å². The second kappa shape index (κ2) is 9.50. The van der Waals surface area contributed by atoms with Gasteiger partial charge in [-0.2, -0.15) is 0 Å². The summed E-state index contributed by atoms with van der Waals surface area (Å²) >= 11 is 0. The van der Waals surface area contributed by atoms with Crippen molar-refractivity contribution in [3.05, 3.63) is 89.7 Å². The first-order valence-electron chi connectivity index (χ1n) is 9.36. The average molecular weight is 389 g/mol. The predicted octanol–water partition coefficient (Wildman–Crippen LogP) is 4.00. The summed E-state index contributed by atoms with van der Waals surface area (Å²) in [6, 6.07) is 20.0. The number of anilines is 1. The molecule has 0 saturated carbocycles. The second-order valence-electron chi connectivity index (χ2n) is 6.39. The first-order valence-corrected chi connectivity index (χ1v) is 9.36. The van der Waals surface area contributed by atoms with Crippen LogP contribution < -0.4 is 10.1 Å². The van der Waals surface area contributed by atoms with E-state index in [1.807, 2.05) is 49.4 Å². The maximum atomic E-state index is 12.9. The first-order chi connectivity index (χ1) is 14.1.